The van der Waals surface area contributed by atoms with Crippen molar-refractivity contribution in [3.05, 3.63) is 47.0 Å². The molecule has 0 bridgehead atoms. The van der Waals surface area contributed by atoms with Crippen molar-refractivity contribution in [3.8, 4) is 5.75 Å². The Morgan fingerprint density at radius 2 is 1.75 bits per heavy atom. The van der Waals surface area contributed by atoms with Crippen LogP contribution in [0.3, 0.4) is 0 Å². The molecule has 7 heteroatoms. The molecule has 2 aromatic carbocycles. The van der Waals surface area contributed by atoms with E-state index in [1.807, 2.05) is 19.1 Å². The Kier molecular flexibility index (Phi) is 3.96. The molecule has 126 valence electrons. The monoisotopic (exact) mass is 346 g/mol. The predicted molar refractivity (Wildman–Crippen MR) is 92.0 cm³/mol. The van der Waals surface area contributed by atoms with Crippen LogP contribution in [0.5, 0.6) is 5.75 Å². The van der Waals surface area contributed by atoms with Crippen LogP contribution in [0.2, 0.25) is 0 Å². The van der Waals surface area contributed by atoms with Crippen LogP contribution in [-0.2, 0) is 14.8 Å². The highest BCUT2D eigenvalue weighted by Crippen LogP contribution is 2.32. The van der Waals surface area contributed by atoms with Crippen molar-refractivity contribution in [1.82, 2.24) is 0 Å². The first kappa shape index (κ1) is 16.3. The number of nitrogens with one attached hydrogen (secondary N) is 2. The number of aryl methyl sites for hydroxylation is 3. The standard InChI is InChI=1S/C17H18N2O4S/c1-10-6-11(2)17(12(3)7-10)24(21,22)19-13-4-5-15-14(8-13)18-16(20)9-23-15/h4-8,19H,9H2,1-3H3,(H,18,20). The number of carbonyl (C=O) groups excluding carboxylic acids is 1. The first-order chi connectivity index (χ1) is 11.3. The topological polar surface area (TPSA) is 84.5 Å². The third kappa shape index (κ3) is 3.07. The Balaban J connectivity index is 1.96. The molecule has 0 aliphatic carbocycles. The van der Waals surface area contributed by atoms with Crippen LogP contribution in [0.15, 0.2) is 35.2 Å². The van der Waals surface area contributed by atoms with Gasteiger partial charge >= 0.3 is 0 Å². The van der Waals surface area contributed by atoms with E-state index in [9.17, 15) is 13.2 Å². The largest absolute Gasteiger partial charge is 0.482 e. The van der Waals surface area contributed by atoms with Gasteiger partial charge in [-0.25, -0.2) is 8.42 Å². The minimum atomic E-state index is -3.74. The molecule has 2 aromatic rings. The van der Waals surface area contributed by atoms with E-state index in [0.29, 0.717) is 28.3 Å². The SMILES string of the molecule is Cc1cc(C)c(S(=O)(=O)Nc2ccc3c(c2)NC(=O)CO3)c(C)c1. The van der Waals surface area contributed by atoms with Gasteiger partial charge in [0, 0.05) is 0 Å². The fraction of sp³-hybridized carbons (Fsp3) is 0.235. The maximum atomic E-state index is 12.8. The Bertz CT molecular complexity index is 913. The van der Waals surface area contributed by atoms with Crippen molar-refractivity contribution in [2.75, 3.05) is 16.6 Å². The summed E-state index contributed by atoms with van der Waals surface area (Å²) in [5, 5.41) is 2.66. The average Bonchev–Trinajstić information content (AvgIpc) is 2.44. The van der Waals surface area contributed by atoms with Crippen molar-refractivity contribution in [2.24, 2.45) is 0 Å². The first-order valence-corrected chi connectivity index (χ1v) is 8.92. The molecule has 0 aromatic heterocycles. The van der Waals surface area contributed by atoms with E-state index in [0.717, 1.165) is 5.56 Å². The van der Waals surface area contributed by atoms with Gasteiger partial charge in [-0.15, -0.1) is 0 Å². The predicted octanol–water partition coefficient (Wildman–Crippen LogP) is 2.74. The molecule has 0 atom stereocenters. The van der Waals surface area contributed by atoms with Crippen LogP contribution in [0.4, 0.5) is 11.4 Å². The van der Waals surface area contributed by atoms with Gasteiger partial charge in [-0.05, 0) is 50.1 Å². The first-order valence-electron chi connectivity index (χ1n) is 7.43. The molecule has 1 aliphatic heterocycles. The zero-order chi connectivity index (χ0) is 17.5. The number of anilines is 2. The quantitative estimate of drug-likeness (QED) is 0.895. The minimum absolute atomic E-state index is 0.0418. The summed E-state index contributed by atoms with van der Waals surface area (Å²) in [6.45, 7) is 5.43. The third-order valence-electron chi connectivity index (χ3n) is 3.74. The van der Waals surface area contributed by atoms with E-state index in [1.54, 1.807) is 32.0 Å². The Morgan fingerprint density at radius 1 is 1.08 bits per heavy atom. The van der Waals surface area contributed by atoms with Gasteiger partial charge in [0.1, 0.15) is 5.75 Å². The summed E-state index contributed by atoms with van der Waals surface area (Å²) in [6, 6.07) is 8.45. The Hall–Kier alpha value is -2.54. The maximum Gasteiger partial charge on any atom is 0.262 e. The van der Waals surface area contributed by atoms with Crippen LogP contribution < -0.4 is 14.8 Å². The molecule has 0 saturated heterocycles. The second kappa shape index (κ2) is 5.83. The second-order valence-electron chi connectivity index (χ2n) is 5.88. The molecule has 2 N–H and O–H groups in total. The molecular weight excluding hydrogens is 328 g/mol. The number of sulfonamides is 1. The highest BCUT2D eigenvalue weighted by atomic mass is 32.2. The van der Waals surface area contributed by atoms with Gasteiger partial charge in [-0.1, -0.05) is 17.7 Å². The highest BCUT2D eigenvalue weighted by Gasteiger charge is 2.22. The van der Waals surface area contributed by atoms with Crippen molar-refractivity contribution in [1.29, 1.82) is 0 Å². The van der Waals surface area contributed by atoms with Crippen LogP contribution in [0.1, 0.15) is 16.7 Å². The highest BCUT2D eigenvalue weighted by molar-refractivity contribution is 7.92. The summed E-state index contributed by atoms with van der Waals surface area (Å²) in [5.41, 5.74) is 3.20. The van der Waals surface area contributed by atoms with Crippen LogP contribution >= 0.6 is 0 Å². The molecule has 6 nitrogen and oxygen atoms in total. The van der Waals surface area contributed by atoms with Crippen molar-refractivity contribution < 1.29 is 17.9 Å². The molecule has 0 radical (unpaired) electrons. The van der Waals surface area contributed by atoms with Crippen LogP contribution in [0, 0.1) is 20.8 Å². The number of hydrogen-bond acceptors (Lipinski definition) is 4. The normalized spacial score (nSPS) is 13.7. The summed E-state index contributed by atoms with van der Waals surface area (Å²) in [6.07, 6.45) is 0. The van der Waals surface area contributed by atoms with Crippen molar-refractivity contribution in [2.45, 2.75) is 25.7 Å². The number of ether oxygens (including phenoxy) is 1. The molecule has 1 amide bonds. The van der Waals surface area contributed by atoms with Crippen LogP contribution in [0.25, 0.3) is 0 Å². The fourth-order valence-corrected chi connectivity index (χ4v) is 4.45. The van der Waals surface area contributed by atoms with Gasteiger partial charge < -0.3 is 10.1 Å². The van der Waals surface area contributed by atoms with Crippen LogP contribution in [-0.4, -0.2) is 20.9 Å². The molecule has 24 heavy (non-hydrogen) atoms. The number of rotatable bonds is 3. The maximum absolute atomic E-state index is 12.8. The van der Waals surface area contributed by atoms with Gasteiger partial charge in [0.05, 0.1) is 16.3 Å². The van der Waals surface area contributed by atoms with Gasteiger partial charge in [0.15, 0.2) is 6.61 Å². The zero-order valence-electron chi connectivity index (χ0n) is 13.6. The fourth-order valence-electron chi connectivity index (χ4n) is 2.94. The summed E-state index contributed by atoms with van der Waals surface area (Å²) in [5.74, 6) is 0.243. The van der Waals surface area contributed by atoms with E-state index < -0.39 is 10.0 Å². The Labute approximate surface area is 140 Å². The summed E-state index contributed by atoms with van der Waals surface area (Å²) >= 11 is 0. The number of fused-ring (bicyclic) bond motifs is 1. The Morgan fingerprint density at radius 3 is 2.42 bits per heavy atom. The number of carbonyl (C=O) groups is 1. The second-order valence-corrected chi connectivity index (χ2v) is 7.50. The molecule has 0 saturated carbocycles. The third-order valence-corrected chi connectivity index (χ3v) is 5.42. The number of hydrogen-bond donors (Lipinski definition) is 2. The van der Waals surface area contributed by atoms with Gasteiger partial charge in [0.25, 0.3) is 15.9 Å². The summed E-state index contributed by atoms with van der Waals surface area (Å²) in [7, 11) is -3.74. The molecular formula is C17H18N2O4S. The molecule has 1 aliphatic rings. The molecule has 0 spiro atoms. The molecule has 0 unspecified atom stereocenters. The van der Waals surface area contributed by atoms with Crippen molar-refractivity contribution >= 4 is 27.3 Å². The van der Waals surface area contributed by atoms with E-state index in [2.05, 4.69) is 10.0 Å². The number of amides is 1. The van der Waals surface area contributed by atoms with Gasteiger partial charge in [-0.3, -0.25) is 9.52 Å². The van der Waals surface area contributed by atoms with E-state index in [4.69, 9.17) is 4.74 Å². The van der Waals surface area contributed by atoms with E-state index >= 15 is 0 Å². The zero-order valence-corrected chi connectivity index (χ0v) is 14.5. The lowest BCUT2D eigenvalue weighted by Crippen LogP contribution is -2.25. The smallest absolute Gasteiger partial charge is 0.262 e. The summed E-state index contributed by atoms with van der Waals surface area (Å²) < 4.78 is 33.3. The van der Waals surface area contributed by atoms with Gasteiger partial charge in [0.2, 0.25) is 0 Å². The lowest BCUT2D eigenvalue weighted by Gasteiger charge is -2.19. The average molecular weight is 346 g/mol. The molecule has 1 heterocycles. The lowest BCUT2D eigenvalue weighted by molar-refractivity contribution is -0.118. The molecule has 0 fully saturated rings. The van der Waals surface area contributed by atoms with E-state index in [-0.39, 0.29) is 17.4 Å². The van der Waals surface area contributed by atoms with Crippen molar-refractivity contribution in [3.63, 3.8) is 0 Å². The summed E-state index contributed by atoms with van der Waals surface area (Å²) in [4.78, 5) is 11.7. The number of benzene rings is 2. The van der Waals surface area contributed by atoms with E-state index in [1.165, 1.54) is 0 Å². The molecule has 3 rings (SSSR count). The lowest BCUT2D eigenvalue weighted by atomic mass is 10.1. The minimum Gasteiger partial charge on any atom is -0.482 e. The van der Waals surface area contributed by atoms with Gasteiger partial charge in [-0.2, -0.15) is 0 Å².